The number of aromatic nitrogens is 1. The minimum absolute atomic E-state index is 0.141. The van der Waals surface area contributed by atoms with E-state index < -0.39 is 0 Å². The van der Waals surface area contributed by atoms with Gasteiger partial charge >= 0.3 is 0 Å². The van der Waals surface area contributed by atoms with Crippen LogP contribution in [0.4, 0.5) is 0 Å². The first-order valence-electron chi connectivity index (χ1n) is 10.2. The molecule has 0 spiro atoms. The van der Waals surface area contributed by atoms with Gasteiger partial charge in [-0.05, 0) is 22.6 Å². The lowest BCUT2D eigenvalue weighted by atomic mass is 10.0. The lowest BCUT2D eigenvalue weighted by Crippen LogP contribution is -2.19. The lowest BCUT2D eigenvalue weighted by molar-refractivity contribution is -0.117. The minimum atomic E-state index is -0.141. The van der Waals surface area contributed by atoms with Gasteiger partial charge in [-0.15, -0.1) is 0 Å². The van der Waals surface area contributed by atoms with Gasteiger partial charge in [0, 0.05) is 24.4 Å². The van der Waals surface area contributed by atoms with Crippen molar-refractivity contribution in [3.8, 4) is 11.5 Å². The van der Waals surface area contributed by atoms with Gasteiger partial charge in [0.25, 0.3) is 5.91 Å². The smallest absolute Gasteiger partial charge is 0.252 e. The van der Waals surface area contributed by atoms with E-state index in [1.54, 1.807) is 11.8 Å². The number of fused-ring (bicyclic) bond motifs is 3. The SMILES string of the molecule is CSCCn1c(=NC(=O)Cc2cccc3ccccc23)sc2cc3c(cc21)OCCO3. The Bertz CT molecular complexity index is 1330. The summed E-state index contributed by atoms with van der Waals surface area (Å²) in [5, 5.41) is 2.23. The quantitative estimate of drug-likeness (QED) is 0.444. The summed E-state index contributed by atoms with van der Waals surface area (Å²) < 4.78 is 14.7. The fourth-order valence-electron chi connectivity index (χ4n) is 3.85. The number of ether oxygens (including phenoxy) is 2. The van der Waals surface area contributed by atoms with Crippen LogP contribution >= 0.6 is 23.1 Å². The molecule has 0 saturated carbocycles. The second-order valence-corrected chi connectivity index (χ2v) is 9.31. The van der Waals surface area contributed by atoms with Crippen LogP contribution < -0.4 is 14.3 Å². The molecule has 31 heavy (non-hydrogen) atoms. The molecular formula is C24H22N2O3S2. The molecule has 1 aliphatic rings. The van der Waals surface area contributed by atoms with Crippen molar-refractivity contribution in [1.29, 1.82) is 0 Å². The number of nitrogens with zero attached hydrogens (tertiary/aromatic N) is 2. The average molecular weight is 451 g/mol. The lowest BCUT2D eigenvalue weighted by Gasteiger charge is -2.18. The fourth-order valence-corrected chi connectivity index (χ4v) is 5.29. The van der Waals surface area contributed by atoms with Gasteiger partial charge < -0.3 is 14.0 Å². The summed E-state index contributed by atoms with van der Waals surface area (Å²) in [5.41, 5.74) is 2.03. The van der Waals surface area contributed by atoms with E-state index in [2.05, 4.69) is 34.0 Å². The average Bonchev–Trinajstić information content (AvgIpc) is 3.11. The zero-order chi connectivity index (χ0) is 21.2. The number of hydrogen-bond donors (Lipinski definition) is 0. The maximum atomic E-state index is 13.0. The number of carbonyl (C=O) groups excluding carboxylic acids is 1. The molecule has 158 valence electrons. The number of hydrogen-bond acceptors (Lipinski definition) is 5. The van der Waals surface area contributed by atoms with Gasteiger partial charge in [-0.1, -0.05) is 53.8 Å². The monoisotopic (exact) mass is 450 g/mol. The molecule has 5 nitrogen and oxygen atoms in total. The van der Waals surface area contributed by atoms with Crippen molar-refractivity contribution in [1.82, 2.24) is 4.57 Å². The summed E-state index contributed by atoms with van der Waals surface area (Å²) in [7, 11) is 0. The minimum Gasteiger partial charge on any atom is -0.486 e. The van der Waals surface area contributed by atoms with E-state index in [0.717, 1.165) is 55.2 Å². The van der Waals surface area contributed by atoms with E-state index in [1.807, 2.05) is 36.4 Å². The Labute approximate surface area is 188 Å². The molecule has 3 aromatic carbocycles. The predicted octanol–water partition coefficient (Wildman–Crippen LogP) is 4.66. The van der Waals surface area contributed by atoms with Gasteiger partial charge in [-0.3, -0.25) is 4.79 Å². The van der Waals surface area contributed by atoms with Crippen molar-refractivity contribution in [2.75, 3.05) is 25.2 Å². The Balaban J connectivity index is 1.55. The summed E-state index contributed by atoms with van der Waals surface area (Å²) in [4.78, 5) is 18.2. The normalized spacial score (nSPS) is 13.8. The number of aryl methyl sites for hydroxylation is 1. The highest BCUT2D eigenvalue weighted by Crippen LogP contribution is 2.35. The zero-order valence-electron chi connectivity index (χ0n) is 17.2. The molecule has 0 unspecified atom stereocenters. The molecule has 0 saturated heterocycles. The maximum Gasteiger partial charge on any atom is 0.252 e. The highest BCUT2D eigenvalue weighted by atomic mass is 32.2. The van der Waals surface area contributed by atoms with Gasteiger partial charge in [0.1, 0.15) is 13.2 Å². The first-order chi connectivity index (χ1) is 15.2. The van der Waals surface area contributed by atoms with Crippen molar-refractivity contribution < 1.29 is 14.3 Å². The summed E-state index contributed by atoms with van der Waals surface area (Å²) in [6.45, 7) is 1.88. The molecule has 2 heterocycles. The Kier molecular flexibility index (Phi) is 5.70. The first-order valence-corrected chi connectivity index (χ1v) is 12.4. The summed E-state index contributed by atoms with van der Waals surface area (Å²) in [6, 6.07) is 18.2. The van der Waals surface area contributed by atoms with Crippen LogP contribution in [0.25, 0.3) is 21.0 Å². The summed E-state index contributed by atoms with van der Waals surface area (Å²) in [5.74, 6) is 2.30. The molecule has 0 aliphatic carbocycles. The highest BCUT2D eigenvalue weighted by Gasteiger charge is 2.17. The number of carbonyl (C=O) groups is 1. The summed E-state index contributed by atoms with van der Waals surface area (Å²) >= 11 is 3.29. The van der Waals surface area contributed by atoms with E-state index in [1.165, 1.54) is 11.3 Å². The number of amides is 1. The molecule has 1 amide bonds. The second kappa shape index (κ2) is 8.77. The van der Waals surface area contributed by atoms with Crippen molar-refractivity contribution in [3.63, 3.8) is 0 Å². The van der Waals surface area contributed by atoms with Crippen molar-refractivity contribution in [2.24, 2.45) is 4.99 Å². The molecule has 7 heteroatoms. The highest BCUT2D eigenvalue weighted by molar-refractivity contribution is 7.98. The van der Waals surface area contributed by atoms with Gasteiger partial charge in [0.15, 0.2) is 16.3 Å². The third-order valence-corrected chi connectivity index (χ3v) is 6.94. The van der Waals surface area contributed by atoms with Crippen molar-refractivity contribution in [3.05, 3.63) is 65.0 Å². The molecule has 1 aromatic heterocycles. The van der Waals surface area contributed by atoms with E-state index >= 15 is 0 Å². The number of thiazole rings is 1. The largest absolute Gasteiger partial charge is 0.486 e. The predicted molar refractivity (Wildman–Crippen MR) is 127 cm³/mol. The first kappa shape index (κ1) is 20.2. The molecular weight excluding hydrogens is 428 g/mol. The van der Waals surface area contributed by atoms with E-state index in [4.69, 9.17) is 9.47 Å². The van der Waals surface area contributed by atoms with E-state index in [0.29, 0.717) is 13.2 Å². The van der Waals surface area contributed by atoms with E-state index in [-0.39, 0.29) is 12.3 Å². The molecule has 1 aliphatic heterocycles. The van der Waals surface area contributed by atoms with Gasteiger partial charge in [-0.25, -0.2) is 0 Å². The molecule has 0 bridgehead atoms. The van der Waals surface area contributed by atoms with Crippen molar-refractivity contribution in [2.45, 2.75) is 13.0 Å². The van der Waals surface area contributed by atoms with Crippen LogP contribution in [0.1, 0.15) is 5.56 Å². The number of benzene rings is 3. The van der Waals surface area contributed by atoms with Crippen LogP contribution in [0.15, 0.2) is 59.6 Å². The Morgan fingerprint density at radius 1 is 1.10 bits per heavy atom. The summed E-state index contributed by atoms with van der Waals surface area (Å²) in [6.07, 6.45) is 2.36. The number of thioether (sulfide) groups is 1. The molecule has 4 aromatic rings. The Hall–Kier alpha value is -2.77. The molecule has 0 radical (unpaired) electrons. The van der Waals surface area contributed by atoms with Crippen LogP contribution in [-0.2, 0) is 17.8 Å². The van der Waals surface area contributed by atoms with Crippen molar-refractivity contribution >= 4 is 50.0 Å². The Morgan fingerprint density at radius 2 is 1.87 bits per heavy atom. The molecule has 0 atom stereocenters. The van der Waals surface area contributed by atoms with Crippen LogP contribution in [-0.4, -0.2) is 35.7 Å². The maximum absolute atomic E-state index is 13.0. The second-order valence-electron chi connectivity index (χ2n) is 7.31. The van der Waals surface area contributed by atoms with Gasteiger partial charge in [0.2, 0.25) is 0 Å². The number of rotatable bonds is 5. The fraction of sp³-hybridized carbons (Fsp3) is 0.250. The van der Waals surface area contributed by atoms with E-state index in [9.17, 15) is 4.79 Å². The molecule has 0 fully saturated rings. The molecule has 5 rings (SSSR count). The topological polar surface area (TPSA) is 52.8 Å². The van der Waals surface area contributed by atoms with Crippen LogP contribution in [0.2, 0.25) is 0 Å². The standard InChI is InChI=1S/C24H22N2O3S2/c1-30-12-9-26-19-14-20-21(29-11-10-28-20)15-22(19)31-24(26)25-23(27)13-17-7-4-6-16-5-2-3-8-18(16)17/h2-8,14-15H,9-13H2,1H3. The van der Waals surface area contributed by atoms with Crippen LogP contribution in [0, 0.1) is 0 Å². The van der Waals surface area contributed by atoms with Gasteiger partial charge in [0.05, 0.1) is 16.6 Å². The van der Waals surface area contributed by atoms with Crippen LogP contribution in [0.3, 0.4) is 0 Å². The zero-order valence-corrected chi connectivity index (χ0v) is 18.8. The Morgan fingerprint density at radius 3 is 2.71 bits per heavy atom. The van der Waals surface area contributed by atoms with Crippen LogP contribution in [0.5, 0.6) is 11.5 Å². The third-order valence-electron chi connectivity index (χ3n) is 5.31. The third kappa shape index (κ3) is 4.07. The van der Waals surface area contributed by atoms with Gasteiger partial charge in [-0.2, -0.15) is 16.8 Å². The molecule has 0 N–H and O–H groups in total.